The van der Waals surface area contributed by atoms with Gasteiger partial charge in [-0.05, 0) is 58.6 Å². The fourth-order valence-electron chi connectivity index (χ4n) is 3.50. The number of carbonyl (C=O) groups is 1. The second-order valence-electron chi connectivity index (χ2n) is 6.75. The van der Waals surface area contributed by atoms with Crippen LogP contribution in [0.1, 0.15) is 31.2 Å². The minimum absolute atomic E-state index is 0.112. The van der Waals surface area contributed by atoms with E-state index in [-0.39, 0.29) is 17.2 Å². The molecular formula is C20H22BrN3O2S. The van der Waals surface area contributed by atoms with Crippen LogP contribution in [0.25, 0.3) is 10.8 Å². The molecule has 1 aliphatic heterocycles. The second kappa shape index (κ2) is 7.72. The van der Waals surface area contributed by atoms with Crippen LogP contribution in [0.5, 0.6) is 0 Å². The number of nitrogens with zero attached hydrogens (tertiary/aromatic N) is 3. The van der Waals surface area contributed by atoms with E-state index < -0.39 is 0 Å². The zero-order chi connectivity index (χ0) is 19.0. The Bertz CT molecular complexity index is 900. The van der Waals surface area contributed by atoms with Gasteiger partial charge in [-0.3, -0.25) is 14.7 Å². The predicted octanol–water partition coefficient (Wildman–Crippen LogP) is 4.71. The number of thioether (sulfide) groups is 1. The van der Waals surface area contributed by atoms with Crippen molar-refractivity contribution in [3.05, 3.63) is 42.0 Å². The average molecular weight is 448 g/mol. The van der Waals surface area contributed by atoms with E-state index in [1.807, 2.05) is 19.0 Å². The lowest BCUT2D eigenvalue weighted by Crippen LogP contribution is -2.38. The lowest BCUT2D eigenvalue weighted by Gasteiger charge is -2.29. The summed E-state index contributed by atoms with van der Waals surface area (Å²) in [7, 11) is 1.92. The van der Waals surface area contributed by atoms with Crippen molar-refractivity contribution in [2.24, 2.45) is 5.10 Å². The molecule has 142 valence electrons. The Balaban J connectivity index is 1.69. The van der Waals surface area contributed by atoms with Crippen molar-refractivity contribution < 1.29 is 9.53 Å². The van der Waals surface area contributed by atoms with Crippen LogP contribution in [-0.4, -0.2) is 40.6 Å². The van der Waals surface area contributed by atoms with Gasteiger partial charge < -0.3 is 4.74 Å². The largest absolute Gasteiger partial charge is 0.465 e. The average Bonchev–Trinajstić information content (AvgIpc) is 3.45. The van der Waals surface area contributed by atoms with Gasteiger partial charge in [-0.15, -0.1) is 16.9 Å². The Morgan fingerprint density at radius 1 is 1.26 bits per heavy atom. The maximum atomic E-state index is 11.8. The van der Waals surface area contributed by atoms with Crippen molar-refractivity contribution in [3.63, 3.8) is 0 Å². The Morgan fingerprint density at radius 3 is 2.70 bits per heavy atom. The van der Waals surface area contributed by atoms with E-state index in [0.717, 1.165) is 10.4 Å². The van der Waals surface area contributed by atoms with Crippen LogP contribution in [-0.2, 0) is 9.53 Å². The van der Waals surface area contributed by atoms with Gasteiger partial charge >= 0.3 is 5.97 Å². The van der Waals surface area contributed by atoms with Crippen molar-refractivity contribution in [1.82, 2.24) is 5.01 Å². The molecule has 1 heterocycles. The summed E-state index contributed by atoms with van der Waals surface area (Å²) in [6.07, 6.45) is 2.55. The SMILES string of the molecule is CCOC(=O)CSC1N(C)N=C(Br)N1c1ccc(C2CC2)c2ccccc12. The molecular weight excluding hydrogens is 426 g/mol. The molecule has 0 amide bonds. The molecule has 1 fully saturated rings. The van der Waals surface area contributed by atoms with Crippen LogP contribution < -0.4 is 4.90 Å². The van der Waals surface area contributed by atoms with Crippen LogP contribution in [0.2, 0.25) is 0 Å². The molecule has 0 N–H and O–H groups in total. The molecule has 0 radical (unpaired) electrons. The van der Waals surface area contributed by atoms with Crippen LogP contribution in [0.15, 0.2) is 41.5 Å². The van der Waals surface area contributed by atoms with Gasteiger partial charge in [0.25, 0.3) is 0 Å². The van der Waals surface area contributed by atoms with E-state index in [9.17, 15) is 4.79 Å². The van der Waals surface area contributed by atoms with E-state index >= 15 is 0 Å². The number of halogens is 1. The molecule has 0 saturated heterocycles. The fraction of sp³-hybridized carbons (Fsp3) is 0.400. The zero-order valence-electron chi connectivity index (χ0n) is 15.4. The van der Waals surface area contributed by atoms with Crippen LogP contribution in [0.4, 0.5) is 5.69 Å². The Morgan fingerprint density at radius 2 is 2.00 bits per heavy atom. The van der Waals surface area contributed by atoms with Gasteiger partial charge in [0.2, 0.25) is 0 Å². The van der Waals surface area contributed by atoms with Gasteiger partial charge in [0, 0.05) is 12.4 Å². The van der Waals surface area contributed by atoms with E-state index in [1.54, 1.807) is 0 Å². The monoisotopic (exact) mass is 447 g/mol. The molecule has 1 saturated carbocycles. The normalized spacial score (nSPS) is 19.5. The molecule has 1 aliphatic carbocycles. The summed E-state index contributed by atoms with van der Waals surface area (Å²) in [6, 6.07) is 13.0. The van der Waals surface area contributed by atoms with Crippen molar-refractivity contribution in [2.75, 3.05) is 24.3 Å². The number of hydrazone groups is 1. The molecule has 0 bridgehead atoms. The lowest BCUT2D eigenvalue weighted by molar-refractivity contribution is -0.139. The summed E-state index contributed by atoms with van der Waals surface area (Å²) in [5.41, 5.74) is 2.42. The van der Waals surface area contributed by atoms with Crippen molar-refractivity contribution in [2.45, 2.75) is 31.2 Å². The lowest BCUT2D eigenvalue weighted by atomic mass is 9.99. The minimum atomic E-state index is -0.201. The quantitative estimate of drug-likeness (QED) is 0.473. The third-order valence-corrected chi connectivity index (χ3v) is 6.60. The maximum Gasteiger partial charge on any atom is 0.316 e. The van der Waals surface area contributed by atoms with E-state index in [4.69, 9.17) is 4.74 Å². The molecule has 2 aromatic carbocycles. The summed E-state index contributed by atoms with van der Waals surface area (Å²) in [5, 5.41) is 8.94. The molecule has 5 nitrogen and oxygen atoms in total. The van der Waals surface area contributed by atoms with Gasteiger partial charge in [-0.1, -0.05) is 30.3 Å². The smallest absolute Gasteiger partial charge is 0.316 e. The van der Waals surface area contributed by atoms with Crippen molar-refractivity contribution in [3.8, 4) is 0 Å². The van der Waals surface area contributed by atoms with Gasteiger partial charge in [0.05, 0.1) is 18.0 Å². The molecule has 2 aromatic rings. The fourth-order valence-corrected chi connectivity index (χ4v) is 5.26. The van der Waals surface area contributed by atoms with Crippen LogP contribution in [0.3, 0.4) is 0 Å². The first-order chi connectivity index (χ1) is 13.1. The number of anilines is 1. The molecule has 0 aromatic heterocycles. The van der Waals surface area contributed by atoms with Gasteiger partial charge in [0.15, 0.2) is 10.2 Å². The highest BCUT2D eigenvalue weighted by Gasteiger charge is 2.35. The number of hydrogen-bond acceptors (Lipinski definition) is 6. The first-order valence-electron chi connectivity index (χ1n) is 9.15. The van der Waals surface area contributed by atoms with Gasteiger partial charge in [-0.2, -0.15) is 0 Å². The Hall–Kier alpha value is -1.73. The minimum Gasteiger partial charge on any atom is -0.465 e. The van der Waals surface area contributed by atoms with E-state index in [0.29, 0.717) is 12.5 Å². The number of hydrogen-bond donors (Lipinski definition) is 0. The number of ether oxygens (including phenoxy) is 1. The molecule has 1 atom stereocenters. The van der Waals surface area contributed by atoms with Crippen molar-refractivity contribution >= 4 is 54.9 Å². The summed E-state index contributed by atoms with van der Waals surface area (Å²) >= 11 is 5.12. The van der Waals surface area contributed by atoms with Crippen LogP contribution in [0, 0.1) is 0 Å². The Kier molecular flexibility index (Phi) is 5.32. The number of fused-ring (bicyclic) bond motifs is 1. The van der Waals surface area contributed by atoms with Gasteiger partial charge in [0.1, 0.15) is 0 Å². The highest BCUT2D eigenvalue weighted by molar-refractivity contribution is 9.18. The molecule has 2 aliphatic rings. The molecule has 4 rings (SSSR count). The third kappa shape index (κ3) is 3.67. The van der Waals surface area contributed by atoms with Crippen molar-refractivity contribution in [1.29, 1.82) is 0 Å². The Labute approximate surface area is 171 Å². The van der Waals surface area contributed by atoms with E-state index in [1.165, 1.54) is 40.9 Å². The number of esters is 1. The zero-order valence-corrected chi connectivity index (χ0v) is 17.8. The number of benzene rings is 2. The summed E-state index contributed by atoms with van der Waals surface area (Å²) in [6.45, 7) is 2.22. The number of amidine groups is 1. The highest BCUT2D eigenvalue weighted by Crippen LogP contribution is 2.46. The second-order valence-corrected chi connectivity index (χ2v) is 8.50. The highest BCUT2D eigenvalue weighted by atomic mass is 79.9. The third-order valence-electron chi connectivity index (χ3n) is 4.85. The van der Waals surface area contributed by atoms with Crippen LogP contribution >= 0.6 is 27.7 Å². The standard InChI is InChI=1S/C20H22BrN3O2S/c1-3-26-18(25)12-27-20-23(2)22-19(21)24(20)17-11-10-14(13-8-9-13)15-6-4-5-7-16(15)17/h4-7,10-11,13,20H,3,8-9,12H2,1-2H3. The summed E-state index contributed by atoms with van der Waals surface area (Å²) < 4.78 is 5.82. The predicted molar refractivity (Wildman–Crippen MR) is 115 cm³/mol. The van der Waals surface area contributed by atoms with Gasteiger partial charge in [-0.25, -0.2) is 0 Å². The maximum absolute atomic E-state index is 11.8. The summed E-state index contributed by atoms with van der Waals surface area (Å²) in [4.78, 5) is 14.0. The molecule has 7 heteroatoms. The first-order valence-corrected chi connectivity index (χ1v) is 11.0. The topological polar surface area (TPSA) is 45.1 Å². The first kappa shape index (κ1) is 18.6. The van der Waals surface area contributed by atoms with E-state index in [2.05, 4.69) is 62.3 Å². The summed E-state index contributed by atoms with van der Waals surface area (Å²) in [5.74, 6) is 0.775. The molecule has 0 spiro atoms. The molecule has 1 unspecified atom stereocenters. The molecule has 27 heavy (non-hydrogen) atoms. The number of carbonyl (C=O) groups excluding carboxylic acids is 1. The number of rotatable bonds is 6.